The van der Waals surface area contributed by atoms with Crippen LogP contribution in [0.2, 0.25) is 0 Å². The number of benzene rings is 3. The van der Waals surface area contributed by atoms with E-state index in [9.17, 15) is 4.79 Å². The molecule has 2 aliphatic heterocycles. The van der Waals surface area contributed by atoms with E-state index in [2.05, 4.69) is 87.3 Å². The van der Waals surface area contributed by atoms with E-state index in [0.29, 0.717) is 41.4 Å². The van der Waals surface area contributed by atoms with Crippen molar-refractivity contribution in [1.82, 2.24) is 14.9 Å². The Morgan fingerprint density at radius 3 is 2.70 bits per heavy atom. The number of carbonyl (C=O) groups is 1. The Balaban J connectivity index is 1.29. The number of hydroxylamine groups is 1. The van der Waals surface area contributed by atoms with Gasteiger partial charge in [-0.3, -0.25) is 9.63 Å². The number of nitrogens with one attached hydrogen (secondary N) is 2. The molecule has 0 radical (unpaired) electrons. The number of fused-ring (bicyclic) bond motifs is 1. The van der Waals surface area contributed by atoms with Crippen LogP contribution >= 0.6 is 0 Å². The highest BCUT2D eigenvalue weighted by Gasteiger charge is 2.30. The predicted molar refractivity (Wildman–Crippen MR) is 171 cm³/mol. The predicted octanol–water partition coefficient (Wildman–Crippen LogP) is 5.53. The van der Waals surface area contributed by atoms with E-state index in [1.807, 2.05) is 29.3 Å². The Bertz CT molecular complexity index is 1640. The second-order valence-electron chi connectivity index (χ2n) is 11.0. The molecule has 2 atom stereocenters. The number of carbonyl (C=O) groups excluding carboxylic acids is 1. The molecular formula is C33H37N7O3. The molecule has 2 aliphatic rings. The molecule has 2 fully saturated rings. The highest BCUT2D eigenvalue weighted by atomic mass is 16.7. The lowest BCUT2D eigenvalue weighted by Crippen LogP contribution is -2.50. The topological polar surface area (TPSA) is 95.1 Å². The van der Waals surface area contributed by atoms with Gasteiger partial charge >= 0.3 is 0 Å². The van der Waals surface area contributed by atoms with Crippen molar-refractivity contribution in [3.8, 4) is 5.75 Å². The normalized spacial score (nSPS) is 19.0. The van der Waals surface area contributed by atoms with Gasteiger partial charge in [0, 0.05) is 44.2 Å². The van der Waals surface area contributed by atoms with Crippen LogP contribution in [0.3, 0.4) is 0 Å². The minimum absolute atomic E-state index is 0.0212. The molecule has 0 unspecified atom stereocenters. The van der Waals surface area contributed by atoms with Crippen LogP contribution in [0.1, 0.15) is 24.9 Å². The smallest absolute Gasteiger partial charge is 0.247 e. The number of aromatic nitrogens is 2. The standard InChI is InChI=1S/C33H37N7O3/c1-5-33(41)37-26-17-27(30(42-4)18-29(26)39-14-13-38(3)22(2)20-39)36-31-19-32(35-21-34-31)40-28(12-15-43-40)25-11-10-23-8-6-7-9-24(23)16-25/h5-11,16-19,21-22,28H,1,12-15,20H2,2-4H3,(H,37,41)(H,34,35,36)/t22-,28+/m0/s1. The quantitative estimate of drug-likeness (QED) is 0.261. The molecule has 0 spiro atoms. The van der Waals surface area contributed by atoms with E-state index in [4.69, 9.17) is 9.57 Å². The van der Waals surface area contributed by atoms with Crippen LogP contribution in [0, 0.1) is 0 Å². The molecular weight excluding hydrogens is 542 g/mol. The summed E-state index contributed by atoms with van der Waals surface area (Å²) in [6.45, 7) is 8.99. The number of hydrogen-bond acceptors (Lipinski definition) is 9. The first-order chi connectivity index (χ1) is 20.9. The summed E-state index contributed by atoms with van der Waals surface area (Å²) in [5.41, 5.74) is 3.39. The second-order valence-corrected chi connectivity index (χ2v) is 11.0. The van der Waals surface area contributed by atoms with Gasteiger partial charge in [0.2, 0.25) is 5.91 Å². The first-order valence-electron chi connectivity index (χ1n) is 14.5. The highest BCUT2D eigenvalue weighted by molar-refractivity contribution is 6.02. The van der Waals surface area contributed by atoms with Crippen LogP contribution in [-0.4, -0.2) is 67.2 Å². The molecule has 222 valence electrons. The highest BCUT2D eigenvalue weighted by Crippen LogP contribution is 2.40. The van der Waals surface area contributed by atoms with Crippen molar-refractivity contribution in [2.75, 3.05) is 61.0 Å². The molecule has 3 heterocycles. The average Bonchev–Trinajstić information content (AvgIpc) is 3.53. The fraction of sp³-hybridized carbons (Fsp3) is 0.303. The summed E-state index contributed by atoms with van der Waals surface area (Å²) < 4.78 is 5.81. The lowest BCUT2D eigenvalue weighted by molar-refractivity contribution is -0.111. The summed E-state index contributed by atoms with van der Waals surface area (Å²) in [6.07, 6.45) is 3.63. The van der Waals surface area contributed by atoms with Crippen LogP contribution in [0.5, 0.6) is 5.75 Å². The van der Waals surface area contributed by atoms with Gasteiger partial charge in [-0.05, 0) is 48.5 Å². The Hall–Kier alpha value is -4.67. The Morgan fingerprint density at radius 1 is 1.07 bits per heavy atom. The maximum absolute atomic E-state index is 12.4. The third-order valence-electron chi connectivity index (χ3n) is 8.27. The SMILES string of the molecule is C=CC(=O)Nc1cc(Nc2cc(N3OCC[C@@H]3c3ccc4ccccc4c3)ncn2)c(OC)cc1N1CCN(C)[C@@H](C)C1. The zero-order valence-electron chi connectivity index (χ0n) is 24.8. The molecule has 3 aromatic carbocycles. The van der Waals surface area contributed by atoms with Crippen LogP contribution in [0.4, 0.5) is 28.7 Å². The van der Waals surface area contributed by atoms with E-state index in [1.54, 1.807) is 7.11 Å². The summed E-state index contributed by atoms with van der Waals surface area (Å²) in [4.78, 5) is 32.1. The molecule has 43 heavy (non-hydrogen) atoms. The molecule has 0 bridgehead atoms. The molecule has 0 aliphatic carbocycles. The van der Waals surface area contributed by atoms with Gasteiger partial charge in [0.05, 0.1) is 36.8 Å². The number of likely N-dealkylation sites (N-methyl/N-ethyl adjacent to an activating group) is 1. The van der Waals surface area contributed by atoms with Crippen molar-refractivity contribution in [2.45, 2.75) is 25.4 Å². The number of hydrogen-bond donors (Lipinski definition) is 2. The molecule has 0 saturated carbocycles. The molecule has 1 aromatic heterocycles. The second kappa shape index (κ2) is 12.3. The van der Waals surface area contributed by atoms with Crippen LogP contribution < -0.4 is 25.3 Å². The average molecular weight is 580 g/mol. The van der Waals surface area contributed by atoms with Crippen LogP contribution in [-0.2, 0) is 9.63 Å². The van der Waals surface area contributed by atoms with E-state index in [1.165, 1.54) is 28.7 Å². The van der Waals surface area contributed by atoms with Gasteiger partial charge in [-0.1, -0.05) is 43.0 Å². The van der Waals surface area contributed by atoms with Gasteiger partial charge < -0.3 is 25.2 Å². The zero-order valence-corrected chi connectivity index (χ0v) is 24.8. The summed E-state index contributed by atoms with van der Waals surface area (Å²) in [5.74, 6) is 1.56. The maximum Gasteiger partial charge on any atom is 0.247 e. The molecule has 1 amide bonds. The number of piperazine rings is 1. The number of rotatable bonds is 8. The van der Waals surface area contributed by atoms with Crippen LogP contribution in [0.15, 0.2) is 79.6 Å². The van der Waals surface area contributed by atoms with Crippen molar-refractivity contribution in [3.63, 3.8) is 0 Å². The van der Waals surface area contributed by atoms with Crippen LogP contribution in [0.25, 0.3) is 10.8 Å². The summed E-state index contributed by atoms with van der Waals surface area (Å²) >= 11 is 0. The molecule has 2 saturated heterocycles. The third kappa shape index (κ3) is 5.97. The van der Waals surface area contributed by atoms with E-state index >= 15 is 0 Å². The Kier molecular flexibility index (Phi) is 8.13. The number of nitrogens with zero attached hydrogens (tertiary/aromatic N) is 5. The number of ether oxygens (including phenoxy) is 1. The van der Waals surface area contributed by atoms with Gasteiger partial charge in [-0.15, -0.1) is 0 Å². The molecule has 4 aromatic rings. The fourth-order valence-corrected chi connectivity index (χ4v) is 5.74. The van der Waals surface area contributed by atoms with E-state index in [0.717, 1.165) is 31.7 Å². The number of anilines is 5. The van der Waals surface area contributed by atoms with E-state index in [-0.39, 0.29) is 11.9 Å². The van der Waals surface area contributed by atoms with Gasteiger partial charge in [-0.2, -0.15) is 0 Å². The number of methoxy groups -OCH3 is 1. The van der Waals surface area contributed by atoms with Gasteiger partial charge in [-0.25, -0.2) is 15.0 Å². The zero-order chi connectivity index (χ0) is 29.9. The first kappa shape index (κ1) is 28.4. The Labute approximate surface area is 251 Å². The van der Waals surface area contributed by atoms with Crippen molar-refractivity contribution < 1.29 is 14.4 Å². The van der Waals surface area contributed by atoms with E-state index < -0.39 is 0 Å². The first-order valence-corrected chi connectivity index (χ1v) is 14.5. The molecule has 6 rings (SSSR count). The summed E-state index contributed by atoms with van der Waals surface area (Å²) in [6, 6.07) is 20.9. The molecule has 10 heteroatoms. The molecule has 2 N–H and O–H groups in total. The minimum Gasteiger partial charge on any atom is -0.494 e. The van der Waals surface area contributed by atoms with Gasteiger partial charge in [0.15, 0.2) is 5.82 Å². The Morgan fingerprint density at radius 2 is 1.91 bits per heavy atom. The van der Waals surface area contributed by atoms with Crippen molar-refractivity contribution in [3.05, 3.63) is 85.2 Å². The van der Waals surface area contributed by atoms with Gasteiger partial charge in [0.1, 0.15) is 17.9 Å². The fourth-order valence-electron chi connectivity index (χ4n) is 5.74. The summed E-state index contributed by atoms with van der Waals surface area (Å²) in [7, 11) is 3.76. The maximum atomic E-state index is 12.4. The third-order valence-corrected chi connectivity index (χ3v) is 8.27. The van der Waals surface area contributed by atoms with Crippen molar-refractivity contribution >= 4 is 45.4 Å². The molecule has 10 nitrogen and oxygen atoms in total. The van der Waals surface area contributed by atoms with Crippen molar-refractivity contribution in [1.29, 1.82) is 0 Å². The largest absolute Gasteiger partial charge is 0.494 e. The monoisotopic (exact) mass is 579 g/mol. The lowest BCUT2D eigenvalue weighted by atomic mass is 10.0. The summed E-state index contributed by atoms with van der Waals surface area (Å²) in [5, 5.41) is 10.6. The lowest BCUT2D eigenvalue weighted by Gasteiger charge is -2.39. The van der Waals surface area contributed by atoms with Crippen molar-refractivity contribution in [2.24, 2.45) is 0 Å². The number of amides is 1. The van der Waals surface area contributed by atoms with Gasteiger partial charge in [0.25, 0.3) is 0 Å². The minimum atomic E-state index is -0.283.